The Kier molecular flexibility index (Phi) is 7.25. The van der Waals surface area contributed by atoms with Crippen molar-refractivity contribution in [1.82, 2.24) is 5.32 Å². The van der Waals surface area contributed by atoms with Crippen molar-refractivity contribution in [3.8, 4) is 0 Å². The van der Waals surface area contributed by atoms with E-state index in [2.05, 4.69) is 5.32 Å². The number of carboxylic acid groups (broad SMARTS) is 1. The first-order valence-electron chi connectivity index (χ1n) is 7.12. The molecule has 1 aromatic carbocycles. The van der Waals surface area contributed by atoms with Gasteiger partial charge in [0.2, 0.25) is 5.91 Å². The summed E-state index contributed by atoms with van der Waals surface area (Å²) < 4.78 is 4.70. The maximum atomic E-state index is 12.0. The molecule has 2 N–H and O–H groups in total. The molecule has 1 amide bonds. The molecule has 22 heavy (non-hydrogen) atoms. The molecule has 0 aliphatic heterocycles. The summed E-state index contributed by atoms with van der Waals surface area (Å²) in [6, 6.07) is 7.29. The van der Waals surface area contributed by atoms with E-state index in [0.29, 0.717) is 5.56 Å². The summed E-state index contributed by atoms with van der Waals surface area (Å²) in [6.45, 7) is 1.91. The minimum Gasteiger partial charge on any atom is -0.479 e. The van der Waals surface area contributed by atoms with Gasteiger partial charge in [0.25, 0.3) is 0 Å². The van der Waals surface area contributed by atoms with Gasteiger partial charge in [-0.25, -0.2) is 4.79 Å². The third kappa shape index (κ3) is 5.65. The van der Waals surface area contributed by atoms with Crippen molar-refractivity contribution >= 4 is 17.7 Å². The summed E-state index contributed by atoms with van der Waals surface area (Å²) >= 11 is 0. The fraction of sp³-hybridized carbons (Fsp3) is 0.438. The van der Waals surface area contributed by atoms with Crippen LogP contribution in [0, 0.1) is 0 Å². The Morgan fingerprint density at radius 3 is 2.32 bits per heavy atom. The van der Waals surface area contributed by atoms with Gasteiger partial charge < -0.3 is 15.2 Å². The predicted octanol–water partition coefficient (Wildman–Crippen LogP) is 1.43. The average molecular weight is 307 g/mol. The summed E-state index contributed by atoms with van der Waals surface area (Å²) in [5, 5.41) is 11.2. The highest BCUT2D eigenvalue weighted by Crippen LogP contribution is 2.08. The Morgan fingerprint density at radius 2 is 1.82 bits per heavy atom. The standard InChI is InChI=1S/C16H21NO5/c1-3-11-4-6-12(7-5-11)13(18)8-9-15(19)17-10-14(22-2)16(20)21/h4-7,14H,3,8-10H2,1-2H3,(H,17,19)(H,20,21). The highest BCUT2D eigenvalue weighted by atomic mass is 16.5. The van der Waals surface area contributed by atoms with Crippen LogP contribution in [0.15, 0.2) is 24.3 Å². The van der Waals surface area contributed by atoms with E-state index in [-0.39, 0.29) is 31.1 Å². The van der Waals surface area contributed by atoms with Gasteiger partial charge in [-0.2, -0.15) is 0 Å². The Morgan fingerprint density at radius 1 is 1.18 bits per heavy atom. The first-order chi connectivity index (χ1) is 10.5. The van der Waals surface area contributed by atoms with Gasteiger partial charge in [0, 0.05) is 25.5 Å². The van der Waals surface area contributed by atoms with Crippen molar-refractivity contribution in [3.05, 3.63) is 35.4 Å². The van der Waals surface area contributed by atoms with Crippen LogP contribution in [-0.4, -0.2) is 42.5 Å². The SMILES string of the molecule is CCc1ccc(C(=O)CCC(=O)NCC(OC)C(=O)O)cc1. The second-order valence-corrected chi connectivity index (χ2v) is 4.84. The largest absolute Gasteiger partial charge is 0.479 e. The first-order valence-corrected chi connectivity index (χ1v) is 7.12. The molecular formula is C16H21NO5. The number of nitrogens with one attached hydrogen (secondary N) is 1. The number of hydrogen-bond donors (Lipinski definition) is 2. The fourth-order valence-electron chi connectivity index (χ4n) is 1.86. The van der Waals surface area contributed by atoms with Gasteiger partial charge in [-0.15, -0.1) is 0 Å². The zero-order chi connectivity index (χ0) is 16.5. The Balaban J connectivity index is 2.39. The van der Waals surface area contributed by atoms with E-state index in [9.17, 15) is 14.4 Å². The fourth-order valence-corrected chi connectivity index (χ4v) is 1.86. The van der Waals surface area contributed by atoms with Gasteiger partial charge >= 0.3 is 5.97 Å². The number of ketones is 1. The number of amides is 1. The number of benzene rings is 1. The van der Waals surface area contributed by atoms with Crippen molar-refractivity contribution in [1.29, 1.82) is 0 Å². The molecule has 0 saturated carbocycles. The number of ether oxygens (including phenoxy) is 1. The van der Waals surface area contributed by atoms with Crippen LogP contribution in [-0.2, 0) is 20.7 Å². The van der Waals surface area contributed by atoms with Gasteiger partial charge in [-0.3, -0.25) is 9.59 Å². The van der Waals surface area contributed by atoms with E-state index >= 15 is 0 Å². The van der Waals surface area contributed by atoms with E-state index < -0.39 is 12.1 Å². The molecular weight excluding hydrogens is 286 g/mol. The molecule has 0 saturated heterocycles. The summed E-state index contributed by atoms with van der Waals surface area (Å²) in [7, 11) is 1.26. The number of aliphatic carboxylic acids is 1. The average Bonchev–Trinajstić information content (AvgIpc) is 2.52. The van der Waals surface area contributed by atoms with Crippen LogP contribution < -0.4 is 5.32 Å². The molecule has 0 fully saturated rings. The zero-order valence-corrected chi connectivity index (χ0v) is 12.8. The summed E-state index contributed by atoms with van der Waals surface area (Å²) in [5.74, 6) is -1.63. The normalized spacial score (nSPS) is 11.7. The lowest BCUT2D eigenvalue weighted by Gasteiger charge is -2.11. The molecule has 0 aromatic heterocycles. The lowest BCUT2D eigenvalue weighted by atomic mass is 10.0. The van der Waals surface area contributed by atoms with Crippen LogP contribution in [0.1, 0.15) is 35.7 Å². The van der Waals surface area contributed by atoms with Crippen LogP contribution in [0.2, 0.25) is 0 Å². The lowest BCUT2D eigenvalue weighted by molar-refractivity contribution is -0.148. The van der Waals surface area contributed by atoms with Gasteiger partial charge in [-0.1, -0.05) is 31.2 Å². The summed E-state index contributed by atoms with van der Waals surface area (Å²) in [6.07, 6.45) is -0.0747. The Bertz CT molecular complexity index is 524. The number of Topliss-reactive ketones (excluding diaryl/α,β-unsaturated/α-hetero) is 1. The number of aryl methyl sites for hydroxylation is 1. The number of carboxylic acids is 1. The quantitative estimate of drug-likeness (QED) is 0.673. The second-order valence-electron chi connectivity index (χ2n) is 4.84. The summed E-state index contributed by atoms with van der Waals surface area (Å²) in [5.41, 5.74) is 1.72. The van der Waals surface area contributed by atoms with Crippen molar-refractivity contribution in [3.63, 3.8) is 0 Å². The number of carbonyl (C=O) groups is 3. The van der Waals surface area contributed by atoms with Crippen LogP contribution in [0.5, 0.6) is 0 Å². The van der Waals surface area contributed by atoms with Crippen molar-refractivity contribution in [2.45, 2.75) is 32.3 Å². The highest BCUT2D eigenvalue weighted by Gasteiger charge is 2.17. The van der Waals surface area contributed by atoms with Crippen LogP contribution in [0.3, 0.4) is 0 Å². The second kappa shape index (κ2) is 8.94. The molecule has 1 rings (SSSR count). The molecule has 0 radical (unpaired) electrons. The molecule has 0 heterocycles. The number of carbonyl (C=O) groups excluding carboxylic acids is 2. The predicted molar refractivity (Wildman–Crippen MR) is 80.8 cm³/mol. The maximum Gasteiger partial charge on any atom is 0.334 e. The molecule has 0 aliphatic carbocycles. The topological polar surface area (TPSA) is 92.7 Å². The maximum absolute atomic E-state index is 12.0. The lowest BCUT2D eigenvalue weighted by Crippen LogP contribution is -2.37. The molecule has 0 spiro atoms. The van der Waals surface area contributed by atoms with E-state index in [1.54, 1.807) is 12.1 Å². The monoisotopic (exact) mass is 307 g/mol. The van der Waals surface area contributed by atoms with Gasteiger partial charge in [0.1, 0.15) is 0 Å². The van der Waals surface area contributed by atoms with Crippen LogP contribution >= 0.6 is 0 Å². The molecule has 0 aliphatic rings. The minimum absolute atomic E-state index is 0.0183. The molecule has 120 valence electrons. The zero-order valence-electron chi connectivity index (χ0n) is 12.8. The van der Waals surface area contributed by atoms with Crippen molar-refractivity contribution in [2.24, 2.45) is 0 Å². The highest BCUT2D eigenvalue weighted by molar-refractivity contribution is 5.98. The van der Waals surface area contributed by atoms with Gasteiger partial charge in [0.05, 0.1) is 6.54 Å². The molecule has 0 bridgehead atoms. The molecule has 6 heteroatoms. The van der Waals surface area contributed by atoms with Crippen LogP contribution in [0.25, 0.3) is 0 Å². The molecule has 1 atom stereocenters. The third-order valence-corrected chi connectivity index (χ3v) is 3.31. The van der Waals surface area contributed by atoms with Gasteiger partial charge in [0.15, 0.2) is 11.9 Å². The van der Waals surface area contributed by atoms with E-state index in [4.69, 9.17) is 9.84 Å². The molecule has 1 unspecified atom stereocenters. The first kappa shape index (κ1) is 17.8. The van der Waals surface area contributed by atoms with E-state index in [1.165, 1.54) is 7.11 Å². The third-order valence-electron chi connectivity index (χ3n) is 3.31. The van der Waals surface area contributed by atoms with E-state index in [1.807, 2.05) is 19.1 Å². The summed E-state index contributed by atoms with van der Waals surface area (Å²) in [4.78, 5) is 34.3. The van der Waals surface area contributed by atoms with Crippen LogP contribution in [0.4, 0.5) is 0 Å². The van der Waals surface area contributed by atoms with Crippen molar-refractivity contribution < 1.29 is 24.2 Å². The smallest absolute Gasteiger partial charge is 0.334 e. The van der Waals surface area contributed by atoms with Crippen molar-refractivity contribution in [2.75, 3.05) is 13.7 Å². The minimum atomic E-state index is -1.14. The number of methoxy groups -OCH3 is 1. The number of rotatable bonds is 9. The number of hydrogen-bond acceptors (Lipinski definition) is 4. The van der Waals surface area contributed by atoms with Gasteiger partial charge in [-0.05, 0) is 12.0 Å². The molecule has 1 aromatic rings. The van der Waals surface area contributed by atoms with E-state index in [0.717, 1.165) is 12.0 Å². The molecule has 6 nitrogen and oxygen atoms in total. The Hall–Kier alpha value is -2.21. The Labute approximate surface area is 129 Å².